The lowest BCUT2D eigenvalue weighted by molar-refractivity contribution is -0.00808. The summed E-state index contributed by atoms with van der Waals surface area (Å²) < 4.78 is 11.0. The highest BCUT2D eigenvalue weighted by Crippen LogP contribution is 2.21. The highest BCUT2D eigenvalue weighted by Gasteiger charge is 2.29. The number of ether oxygens (including phenoxy) is 2. The number of nitrogens with zero attached hydrogens (tertiary/aromatic N) is 2. The van der Waals surface area contributed by atoms with Gasteiger partial charge < -0.3 is 19.6 Å². The van der Waals surface area contributed by atoms with E-state index in [-0.39, 0.29) is 17.3 Å². The van der Waals surface area contributed by atoms with E-state index in [4.69, 9.17) is 26.3 Å². The summed E-state index contributed by atoms with van der Waals surface area (Å²) in [5, 5.41) is 11.7. The van der Waals surface area contributed by atoms with E-state index in [2.05, 4.69) is 5.16 Å². The maximum atomic E-state index is 12.7. The molecule has 1 amide bonds. The fraction of sp³-hybridized carbons (Fsp3) is 0.556. The average Bonchev–Trinajstić information content (AvgIpc) is 2.58. The van der Waals surface area contributed by atoms with Crippen LogP contribution in [0.2, 0.25) is 0 Å². The molecule has 0 unspecified atom stereocenters. The van der Waals surface area contributed by atoms with Crippen LogP contribution in [0.15, 0.2) is 29.4 Å². The van der Waals surface area contributed by atoms with Crippen LogP contribution in [-0.2, 0) is 16.0 Å². The van der Waals surface area contributed by atoms with Crippen molar-refractivity contribution in [2.24, 2.45) is 5.16 Å². The molecule has 0 bridgehead atoms. The normalized spacial score (nSPS) is 16.6. The van der Waals surface area contributed by atoms with Crippen LogP contribution in [0.25, 0.3) is 0 Å². The zero-order valence-corrected chi connectivity index (χ0v) is 15.6. The van der Waals surface area contributed by atoms with E-state index in [0.29, 0.717) is 25.3 Å². The Kier molecular flexibility index (Phi) is 6.67. The number of carbonyl (C=O) groups excluding carboxylic acids is 1. The first-order valence-corrected chi connectivity index (χ1v) is 8.72. The lowest BCUT2D eigenvalue weighted by Gasteiger charge is -2.35. The summed E-state index contributed by atoms with van der Waals surface area (Å²) >= 11 is 5.80. The minimum absolute atomic E-state index is 0.0278. The van der Waals surface area contributed by atoms with Gasteiger partial charge in [0.05, 0.1) is 0 Å². The molecular formula is C18H25ClN2O4. The smallest absolute Gasteiger partial charge is 0.410 e. The molecule has 7 heteroatoms. The topological polar surface area (TPSA) is 71.4 Å². The van der Waals surface area contributed by atoms with Crippen LogP contribution in [0.3, 0.4) is 0 Å². The number of hydrogen-bond acceptors (Lipinski definition) is 5. The number of rotatable bonds is 4. The number of benzene rings is 1. The Morgan fingerprint density at radius 1 is 1.32 bits per heavy atom. The van der Waals surface area contributed by atoms with Gasteiger partial charge in [-0.25, -0.2) is 4.79 Å². The molecule has 1 heterocycles. The van der Waals surface area contributed by atoms with Crippen molar-refractivity contribution in [3.05, 3.63) is 35.4 Å². The van der Waals surface area contributed by atoms with E-state index >= 15 is 0 Å². The van der Waals surface area contributed by atoms with Gasteiger partial charge in [0.1, 0.15) is 5.60 Å². The van der Waals surface area contributed by atoms with Crippen molar-refractivity contribution < 1.29 is 19.5 Å². The molecule has 6 nitrogen and oxygen atoms in total. The van der Waals surface area contributed by atoms with E-state index in [1.165, 1.54) is 0 Å². The third-order valence-electron chi connectivity index (χ3n) is 3.89. The third kappa shape index (κ3) is 5.90. The summed E-state index contributed by atoms with van der Waals surface area (Å²) in [5.74, 6) is 0. The fourth-order valence-corrected chi connectivity index (χ4v) is 2.79. The highest BCUT2D eigenvalue weighted by molar-refractivity contribution is 6.69. The van der Waals surface area contributed by atoms with Crippen LogP contribution in [0.1, 0.15) is 44.7 Å². The SMILES string of the molecule is CC(C)(C)OC(=O)N(Cc1ccc(/C(Cl)=N/O)cc1)C1CCOCC1. The van der Waals surface area contributed by atoms with E-state index < -0.39 is 5.60 Å². The van der Waals surface area contributed by atoms with Crippen molar-refractivity contribution in [3.63, 3.8) is 0 Å². The van der Waals surface area contributed by atoms with Crippen molar-refractivity contribution in [1.82, 2.24) is 4.90 Å². The Labute approximate surface area is 153 Å². The number of amides is 1. The third-order valence-corrected chi connectivity index (χ3v) is 4.19. The van der Waals surface area contributed by atoms with Crippen LogP contribution >= 0.6 is 11.6 Å². The molecule has 1 N–H and O–H groups in total. The first-order chi connectivity index (χ1) is 11.8. The largest absolute Gasteiger partial charge is 0.444 e. The number of halogens is 1. The summed E-state index contributed by atoms with van der Waals surface area (Å²) in [7, 11) is 0. The molecule has 0 saturated carbocycles. The van der Waals surface area contributed by atoms with Crippen LogP contribution in [-0.4, -0.2) is 46.2 Å². The molecule has 1 aliphatic heterocycles. The van der Waals surface area contributed by atoms with Gasteiger partial charge in [0, 0.05) is 31.4 Å². The highest BCUT2D eigenvalue weighted by atomic mass is 35.5. The fourth-order valence-electron chi connectivity index (χ4n) is 2.66. The zero-order chi connectivity index (χ0) is 18.4. The van der Waals surface area contributed by atoms with Gasteiger partial charge in [0.15, 0.2) is 5.17 Å². The Morgan fingerprint density at radius 2 is 1.92 bits per heavy atom. The van der Waals surface area contributed by atoms with Gasteiger partial charge in [-0.15, -0.1) is 0 Å². The molecule has 1 aromatic rings. The summed E-state index contributed by atoms with van der Waals surface area (Å²) in [6.45, 7) is 7.30. The van der Waals surface area contributed by atoms with Gasteiger partial charge >= 0.3 is 6.09 Å². The zero-order valence-electron chi connectivity index (χ0n) is 14.9. The molecule has 0 aromatic heterocycles. The molecule has 138 valence electrons. The van der Waals surface area contributed by atoms with E-state index in [0.717, 1.165) is 18.4 Å². The minimum Gasteiger partial charge on any atom is -0.444 e. The van der Waals surface area contributed by atoms with Gasteiger partial charge in [-0.2, -0.15) is 0 Å². The Bertz CT molecular complexity index is 604. The minimum atomic E-state index is -0.546. The Hall–Kier alpha value is -1.79. The lowest BCUT2D eigenvalue weighted by Crippen LogP contribution is -2.45. The van der Waals surface area contributed by atoms with Crippen LogP contribution in [0.4, 0.5) is 4.79 Å². The molecule has 0 radical (unpaired) electrons. The molecule has 0 atom stereocenters. The summed E-state index contributed by atoms with van der Waals surface area (Å²) in [5.41, 5.74) is 1.02. The first kappa shape index (κ1) is 19.5. The maximum Gasteiger partial charge on any atom is 0.410 e. The average molecular weight is 369 g/mol. The monoisotopic (exact) mass is 368 g/mol. The van der Waals surface area contributed by atoms with Crippen molar-refractivity contribution in [1.29, 1.82) is 0 Å². The summed E-state index contributed by atoms with van der Waals surface area (Å²) in [6.07, 6.45) is 1.26. The second kappa shape index (κ2) is 8.54. The van der Waals surface area contributed by atoms with E-state index in [1.807, 2.05) is 32.9 Å². The quantitative estimate of drug-likeness (QED) is 0.495. The molecule has 1 saturated heterocycles. The van der Waals surface area contributed by atoms with Crippen molar-refractivity contribution in [2.75, 3.05) is 13.2 Å². The molecule has 0 spiro atoms. The lowest BCUT2D eigenvalue weighted by atomic mass is 10.1. The maximum absolute atomic E-state index is 12.7. The molecule has 25 heavy (non-hydrogen) atoms. The van der Waals surface area contributed by atoms with Crippen LogP contribution in [0.5, 0.6) is 0 Å². The molecule has 0 aliphatic carbocycles. The molecular weight excluding hydrogens is 344 g/mol. The van der Waals surface area contributed by atoms with Gasteiger partial charge in [0.2, 0.25) is 0 Å². The number of oxime groups is 1. The standard InChI is InChI=1S/C18H25ClN2O4/c1-18(2,3)25-17(22)21(15-8-10-24-11-9-15)12-13-4-6-14(7-5-13)16(19)20-23/h4-7,15,23H,8-12H2,1-3H3/b20-16-. The molecule has 2 rings (SSSR count). The van der Waals surface area contributed by atoms with Gasteiger partial charge in [-0.3, -0.25) is 0 Å². The Morgan fingerprint density at radius 3 is 2.44 bits per heavy atom. The molecule has 1 fully saturated rings. The van der Waals surface area contributed by atoms with Crippen molar-refractivity contribution in [3.8, 4) is 0 Å². The van der Waals surface area contributed by atoms with Gasteiger partial charge in [-0.05, 0) is 39.2 Å². The van der Waals surface area contributed by atoms with Crippen LogP contribution in [0, 0.1) is 0 Å². The van der Waals surface area contributed by atoms with E-state index in [1.54, 1.807) is 17.0 Å². The number of carbonyl (C=O) groups is 1. The van der Waals surface area contributed by atoms with Crippen molar-refractivity contribution in [2.45, 2.75) is 51.8 Å². The second-order valence-electron chi connectivity index (χ2n) is 7.04. The summed E-state index contributed by atoms with van der Waals surface area (Å²) in [6, 6.07) is 7.33. The summed E-state index contributed by atoms with van der Waals surface area (Å²) in [4.78, 5) is 14.4. The number of hydrogen-bond donors (Lipinski definition) is 1. The van der Waals surface area contributed by atoms with Crippen LogP contribution < -0.4 is 0 Å². The van der Waals surface area contributed by atoms with Crippen molar-refractivity contribution >= 4 is 22.9 Å². The molecule has 1 aromatic carbocycles. The predicted molar refractivity (Wildman–Crippen MR) is 96.2 cm³/mol. The first-order valence-electron chi connectivity index (χ1n) is 8.34. The second-order valence-corrected chi connectivity index (χ2v) is 7.40. The predicted octanol–water partition coefficient (Wildman–Crippen LogP) is 3.98. The van der Waals surface area contributed by atoms with Gasteiger partial charge in [0.25, 0.3) is 0 Å². The van der Waals surface area contributed by atoms with Gasteiger partial charge in [-0.1, -0.05) is 41.0 Å². The Balaban J connectivity index is 2.15. The molecule has 1 aliphatic rings. The van der Waals surface area contributed by atoms with E-state index in [9.17, 15) is 4.79 Å².